The lowest BCUT2D eigenvalue weighted by atomic mass is 10.1. The van der Waals surface area contributed by atoms with Crippen LogP contribution in [-0.2, 0) is 4.79 Å². The first-order valence-corrected chi connectivity index (χ1v) is 7.51. The van der Waals surface area contributed by atoms with Crippen molar-refractivity contribution in [2.24, 2.45) is 11.8 Å². The second-order valence-corrected chi connectivity index (χ2v) is 5.92. The van der Waals surface area contributed by atoms with Gasteiger partial charge in [-0.25, -0.2) is 0 Å². The predicted molar refractivity (Wildman–Crippen MR) is 77.9 cm³/mol. The summed E-state index contributed by atoms with van der Waals surface area (Å²) in [6.45, 7) is 6.00. The second-order valence-electron chi connectivity index (χ2n) is 5.92. The third-order valence-electron chi connectivity index (χ3n) is 4.02. The molecule has 0 aromatic rings. The summed E-state index contributed by atoms with van der Waals surface area (Å²) in [7, 11) is 1.92. The summed E-state index contributed by atoms with van der Waals surface area (Å²) in [5.74, 6) is 0.214. The summed E-state index contributed by atoms with van der Waals surface area (Å²) in [6.07, 6.45) is 2.79. The van der Waals surface area contributed by atoms with Crippen molar-refractivity contribution in [2.75, 3.05) is 33.2 Å². The maximum atomic E-state index is 12.2. The lowest BCUT2D eigenvalue weighted by molar-refractivity contribution is -0.132. The fraction of sp³-hybridized carbons (Fsp3) is 0.867. The molecule has 1 amide bonds. The number of carbonyl (C=O) groups is 1. The van der Waals surface area contributed by atoms with E-state index in [9.17, 15) is 9.90 Å². The van der Waals surface area contributed by atoms with E-state index in [4.69, 9.17) is 5.26 Å². The zero-order valence-corrected chi connectivity index (χ0v) is 12.9. The fourth-order valence-corrected chi connectivity index (χ4v) is 2.80. The van der Waals surface area contributed by atoms with Gasteiger partial charge < -0.3 is 10.0 Å². The molecule has 1 saturated carbocycles. The molecule has 0 aromatic heterocycles. The van der Waals surface area contributed by atoms with Crippen LogP contribution in [0.25, 0.3) is 0 Å². The van der Waals surface area contributed by atoms with Crippen LogP contribution in [-0.4, -0.2) is 60.1 Å². The first-order chi connectivity index (χ1) is 9.47. The van der Waals surface area contributed by atoms with E-state index in [2.05, 4.69) is 6.07 Å². The molecule has 3 unspecified atom stereocenters. The average molecular weight is 281 g/mol. The molecule has 3 atom stereocenters. The van der Waals surface area contributed by atoms with Crippen LogP contribution in [0.5, 0.6) is 0 Å². The maximum Gasteiger partial charge on any atom is 0.236 e. The standard InChI is InChI=1S/C15H27N3O2/c1-4-18(9-12(2)8-16)15(20)11-17(3)10-13-6-5-7-14(13)19/h12-14,19H,4-7,9-11H2,1-3H3. The Labute approximate surface area is 122 Å². The smallest absolute Gasteiger partial charge is 0.236 e. The summed E-state index contributed by atoms with van der Waals surface area (Å²) in [5, 5.41) is 18.7. The van der Waals surface area contributed by atoms with Gasteiger partial charge in [0.15, 0.2) is 0 Å². The molecule has 1 N–H and O–H groups in total. The van der Waals surface area contributed by atoms with Crippen molar-refractivity contribution in [3.8, 4) is 6.07 Å². The monoisotopic (exact) mass is 281 g/mol. The van der Waals surface area contributed by atoms with E-state index in [1.54, 1.807) is 4.90 Å². The summed E-state index contributed by atoms with van der Waals surface area (Å²) >= 11 is 0. The SMILES string of the molecule is CCN(CC(C)C#N)C(=O)CN(C)CC1CCCC1O. The van der Waals surface area contributed by atoms with Crippen molar-refractivity contribution in [3.63, 3.8) is 0 Å². The first kappa shape index (κ1) is 16.9. The van der Waals surface area contributed by atoms with Crippen molar-refractivity contribution in [1.82, 2.24) is 9.80 Å². The van der Waals surface area contributed by atoms with E-state index in [1.807, 2.05) is 25.8 Å². The molecule has 0 radical (unpaired) electrons. The highest BCUT2D eigenvalue weighted by Crippen LogP contribution is 2.25. The summed E-state index contributed by atoms with van der Waals surface area (Å²) < 4.78 is 0. The van der Waals surface area contributed by atoms with Crippen LogP contribution >= 0.6 is 0 Å². The van der Waals surface area contributed by atoms with Gasteiger partial charge >= 0.3 is 0 Å². The van der Waals surface area contributed by atoms with Crippen LogP contribution in [0, 0.1) is 23.2 Å². The summed E-state index contributed by atoms with van der Waals surface area (Å²) in [5.41, 5.74) is 0. The number of nitrogens with zero attached hydrogens (tertiary/aromatic N) is 3. The average Bonchev–Trinajstić information content (AvgIpc) is 2.80. The van der Waals surface area contributed by atoms with E-state index < -0.39 is 0 Å². The minimum atomic E-state index is -0.214. The Morgan fingerprint density at radius 1 is 1.50 bits per heavy atom. The molecule has 0 aromatic carbocycles. The highest BCUT2D eigenvalue weighted by atomic mass is 16.3. The van der Waals surface area contributed by atoms with Gasteiger partial charge in [-0.3, -0.25) is 9.69 Å². The topological polar surface area (TPSA) is 67.6 Å². The molecule has 0 aliphatic heterocycles. The molecule has 0 bridgehead atoms. The quantitative estimate of drug-likeness (QED) is 0.758. The lowest BCUT2D eigenvalue weighted by Gasteiger charge is -2.27. The molecule has 20 heavy (non-hydrogen) atoms. The number of aliphatic hydroxyl groups is 1. The highest BCUT2D eigenvalue weighted by molar-refractivity contribution is 5.78. The number of rotatable bonds is 7. The van der Waals surface area contributed by atoms with Gasteiger partial charge in [0.05, 0.1) is 24.6 Å². The van der Waals surface area contributed by atoms with E-state index in [0.717, 1.165) is 25.8 Å². The molecule has 5 nitrogen and oxygen atoms in total. The molecule has 0 saturated heterocycles. The number of nitriles is 1. The molecular weight excluding hydrogens is 254 g/mol. The Balaban J connectivity index is 2.41. The molecule has 0 spiro atoms. The van der Waals surface area contributed by atoms with Crippen LogP contribution in [0.3, 0.4) is 0 Å². The molecule has 0 heterocycles. The fourth-order valence-electron chi connectivity index (χ4n) is 2.80. The summed E-state index contributed by atoms with van der Waals surface area (Å²) in [4.78, 5) is 15.9. The van der Waals surface area contributed by atoms with Gasteiger partial charge in [0.2, 0.25) is 5.91 Å². The minimum Gasteiger partial charge on any atom is -0.393 e. The Morgan fingerprint density at radius 2 is 2.20 bits per heavy atom. The zero-order valence-electron chi connectivity index (χ0n) is 12.9. The molecular formula is C15H27N3O2. The molecule has 114 valence electrons. The zero-order chi connectivity index (χ0) is 15.1. The first-order valence-electron chi connectivity index (χ1n) is 7.51. The van der Waals surface area contributed by atoms with E-state index in [0.29, 0.717) is 25.6 Å². The molecule has 1 rings (SSSR count). The van der Waals surface area contributed by atoms with Crippen molar-refractivity contribution < 1.29 is 9.90 Å². The summed E-state index contributed by atoms with van der Waals surface area (Å²) in [6, 6.07) is 2.16. The number of hydrogen-bond acceptors (Lipinski definition) is 4. The van der Waals surface area contributed by atoms with Crippen LogP contribution in [0.4, 0.5) is 0 Å². The van der Waals surface area contributed by atoms with Gasteiger partial charge in [-0.15, -0.1) is 0 Å². The molecule has 1 fully saturated rings. The van der Waals surface area contributed by atoms with E-state index >= 15 is 0 Å². The van der Waals surface area contributed by atoms with Gasteiger partial charge in [-0.1, -0.05) is 6.42 Å². The van der Waals surface area contributed by atoms with Gasteiger partial charge in [-0.2, -0.15) is 5.26 Å². The number of hydrogen-bond donors (Lipinski definition) is 1. The molecule has 5 heteroatoms. The normalized spacial score (nSPS) is 23.6. The number of likely N-dealkylation sites (N-methyl/N-ethyl adjacent to an activating group) is 2. The van der Waals surface area contributed by atoms with Crippen LogP contribution in [0.15, 0.2) is 0 Å². The Morgan fingerprint density at radius 3 is 2.70 bits per heavy atom. The predicted octanol–water partition coefficient (Wildman–Crippen LogP) is 1.09. The Bertz CT molecular complexity index is 354. The van der Waals surface area contributed by atoms with Gasteiger partial charge in [0, 0.05) is 19.6 Å². The Kier molecular flexibility index (Phi) is 6.97. The maximum absolute atomic E-state index is 12.2. The lowest BCUT2D eigenvalue weighted by Crippen LogP contribution is -2.42. The van der Waals surface area contributed by atoms with Gasteiger partial charge in [-0.05, 0) is 39.7 Å². The van der Waals surface area contributed by atoms with Crippen LogP contribution in [0.1, 0.15) is 33.1 Å². The highest BCUT2D eigenvalue weighted by Gasteiger charge is 2.27. The van der Waals surface area contributed by atoms with Crippen molar-refractivity contribution in [1.29, 1.82) is 5.26 Å². The van der Waals surface area contributed by atoms with Crippen LogP contribution in [0.2, 0.25) is 0 Å². The second kappa shape index (κ2) is 8.23. The third kappa shape index (κ3) is 5.10. The third-order valence-corrected chi connectivity index (χ3v) is 4.02. The van der Waals surface area contributed by atoms with Crippen molar-refractivity contribution in [3.05, 3.63) is 0 Å². The Hall–Kier alpha value is -1.12. The van der Waals surface area contributed by atoms with Crippen molar-refractivity contribution >= 4 is 5.91 Å². The number of aliphatic hydroxyl groups excluding tert-OH is 1. The van der Waals surface area contributed by atoms with E-state index in [1.165, 1.54) is 0 Å². The van der Waals surface area contributed by atoms with Crippen molar-refractivity contribution in [2.45, 2.75) is 39.2 Å². The van der Waals surface area contributed by atoms with E-state index in [-0.39, 0.29) is 17.9 Å². The van der Waals surface area contributed by atoms with Crippen LogP contribution < -0.4 is 0 Å². The number of carbonyl (C=O) groups excluding carboxylic acids is 1. The largest absolute Gasteiger partial charge is 0.393 e. The minimum absolute atomic E-state index is 0.0598. The van der Waals surface area contributed by atoms with Gasteiger partial charge in [0.25, 0.3) is 0 Å². The molecule has 1 aliphatic carbocycles. The molecule has 1 aliphatic rings. The van der Waals surface area contributed by atoms with Gasteiger partial charge in [0.1, 0.15) is 0 Å². The number of amides is 1.